The molecule has 0 aliphatic heterocycles. The maximum atomic E-state index is 6.27. The Morgan fingerprint density at radius 3 is 2.85 bits per heavy atom. The van der Waals surface area contributed by atoms with Gasteiger partial charge in [0, 0.05) is 11.7 Å². The number of nitrogens with one attached hydrogen (secondary N) is 1. The molecule has 1 aromatic rings. The highest BCUT2D eigenvalue weighted by Gasteiger charge is 2.20. The molecule has 112 valence electrons. The zero-order valence-corrected chi connectivity index (χ0v) is 13.4. The minimum Gasteiger partial charge on any atom is -0.492 e. The molecule has 3 heteroatoms. The van der Waals surface area contributed by atoms with Crippen LogP contribution in [-0.2, 0) is 0 Å². The van der Waals surface area contributed by atoms with E-state index in [0.717, 1.165) is 23.8 Å². The molecule has 2 unspecified atom stereocenters. The van der Waals surface area contributed by atoms with Crippen LogP contribution in [0.15, 0.2) is 18.2 Å². The van der Waals surface area contributed by atoms with Crippen molar-refractivity contribution in [3.05, 3.63) is 23.2 Å². The van der Waals surface area contributed by atoms with E-state index in [9.17, 15) is 0 Å². The number of halogens is 1. The van der Waals surface area contributed by atoms with Crippen LogP contribution in [0.3, 0.4) is 0 Å². The molecular weight excluding hydrogens is 270 g/mol. The molecule has 1 saturated carbocycles. The number of anilines is 1. The van der Waals surface area contributed by atoms with Gasteiger partial charge in [-0.2, -0.15) is 0 Å². The van der Waals surface area contributed by atoms with Crippen molar-refractivity contribution in [2.45, 2.75) is 58.4 Å². The van der Waals surface area contributed by atoms with Gasteiger partial charge in [0.1, 0.15) is 5.75 Å². The van der Waals surface area contributed by atoms with Gasteiger partial charge in [-0.05, 0) is 43.4 Å². The molecule has 2 atom stereocenters. The number of ether oxygens (including phenoxy) is 1. The zero-order valence-electron chi connectivity index (χ0n) is 12.6. The number of benzene rings is 1. The standard InChI is InChI=1S/C17H26ClNO/c1-3-10-20-17-9-8-15(12-16(17)18)19-14-7-5-6-13(4-2)11-14/h8-9,12-14,19H,3-7,10-11H2,1-2H3. The fourth-order valence-corrected chi connectivity index (χ4v) is 3.18. The lowest BCUT2D eigenvalue weighted by Crippen LogP contribution is -2.27. The third kappa shape index (κ3) is 4.31. The largest absolute Gasteiger partial charge is 0.492 e. The van der Waals surface area contributed by atoms with E-state index >= 15 is 0 Å². The Balaban J connectivity index is 1.94. The first-order chi connectivity index (χ1) is 9.72. The van der Waals surface area contributed by atoms with Crippen molar-refractivity contribution in [3.8, 4) is 5.75 Å². The molecule has 2 rings (SSSR count). The molecule has 0 bridgehead atoms. The van der Waals surface area contributed by atoms with E-state index in [1.54, 1.807) is 0 Å². The molecule has 20 heavy (non-hydrogen) atoms. The van der Waals surface area contributed by atoms with Crippen molar-refractivity contribution in [1.82, 2.24) is 0 Å². The van der Waals surface area contributed by atoms with Gasteiger partial charge in [0.05, 0.1) is 11.6 Å². The molecular formula is C17H26ClNO. The highest BCUT2D eigenvalue weighted by molar-refractivity contribution is 6.32. The van der Waals surface area contributed by atoms with Crippen molar-refractivity contribution >= 4 is 17.3 Å². The lowest BCUT2D eigenvalue weighted by Gasteiger charge is -2.30. The summed E-state index contributed by atoms with van der Waals surface area (Å²) in [7, 11) is 0. The Morgan fingerprint density at radius 1 is 1.30 bits per heavy atom. The van der Waals surface area contributed by atoms with Gasteiger partial charge in [-0.3, -0.25) is 0 Å². The van der Waals surface area contributed by atoms with Gasteiger partial charge in [0.25, 0.3) is 0 Å². The van der Waals surface area contributed by atoms with Gasteiger partial charge in [-0.15, -0.1) is 0 Å². The molecule has 1 aliphatic carbocycles. The van der Waals surface area contributed by atoms with Crippen LogP contribution >= 0.6 is 11.6 Å². The summed E-state index contributed by atoms with van der Waals surface area (Å²) in [5.41, 5.74) is 1.11. The van der Waals surface area contributed by atoms with Crippen molar-refractivity contribution in [2.75, 3.05) is 11.9 Å². The normalized spacial score (nSPS) is 22.6. The van der Waals surface area contributed by atoms with Crippen molar-refractivity contribution in [2.24, 2.45) is 5.92 Å². The summed E-state index contributed by atoms with van der Waals surface area (Å²) in [6.45, 7) is 5.11. The maximum absolute atomic E-state index is 6.27. The maximum Gasteiger partial charge on any atom is 0.138 e. The summed E-state index contributed by atoms with van der Waals surface area (Å²) in [5.74, 6) is 1.66. The van der Waals surface area contributed by atoms with Gasteiger partial charge < -0.3 is 10.1 Å². The quantitative estimate of drug-likeness (QED) is 0.747. The van der Waals surface area contributed by atoms with Crippen LogP contribution in [0.2, 0.25) is 5.02 Å². The summed E-state index contributed by atoms with van der Waals surface area (Å²) >= 11 is 6.27. The van der Waals surface area contributed by atoms with Crippen LogP contribution in [0.5, 0.6) is 5.75 Å². The monoisotopic (exact) mass is 295 g/mol. The van der Waals surface area contributed by atoms with Crippen molar-refractivity contribution < 1.29 is 4.74 Å². The van der Waals surface area contributed by atoms with E-state index in [2.05, 4.69) is 25.2 Å². The van der Waals surface area contributed by atoms with E-state index in [-0.39, 0.29) is 0 Å². The van der Waals surface area contributed by atoms with Crippen molar-refractivity contribution in [3.63, 3.8) is 0 Å². The lowest BCUT2D eigenvalue weighted by atomic mass is 9.84. The fourth-order valence-electron chi connectivity index (χ4n) is 2.95. The smallest absolute Gasteiger partial charge is 0.138 e. The average Bonchev–Trinajstić information content (AvgIpc) is 2.47. The predicted octanol–water partition coefficient (Wildman–Crippen LogP) is 5.51. The minimum atomic E-state index is 0.590. The molecule has 0 heterocycles. The molecule has 1 fully saturated rings. The third-order valence-corrected chi connectivity index (χ3v) is 4.42. The Hall–Kier alpha value is -0.890. The van der Waals surface area contributed by atoms with Gasteiger partial charge in [0.15, 0.2) is 0 Å². The molecule has 0 spiro atoms. The van der Waals surface area contributed by atoms with Crippen LogP contribution in [0.25, 0.3) is 0 Å². The Kier molecular flexibility index (Phi) is 6.03. The number of hydrogen-bond acceptors (Lipinski definition) is 2. The molecule has 2 nitrogen and oxygen atoms in total. The van der Waals surface area contributed by atoms with Crippen LogP contribution in [-0.4, -0.2) is 12.6 Å². The summed E-state index contributed by atoms with van der Waals surface area (Å²) in [6, 6.07) is 6.63. The van der Waals surface area contributed by atoms with Crippen molar-refractivity contribution in [1.29, 1.82) is 0 Å². The second-order valence-electron chi connectivity index (χ2n) is 5.78. The molecule has 1 aliphatic rings. The zero-order chi connectivity index (χ0) is 14.4. The Morgan fingerprint density at radius 2 is 2.15 bits per heavy atom. The molecule has 0 aromatic heterocycles. The van der Waals surface area contributed by atoms with E-state index in [1.165, 1.54) is 32.1 Å². The average molecular weight is 296 g/mol. The topological polar surface area (TPSA) is 21.3 Å². The molecule has 0 radical (unpaired) electrons. The van der Waals surface area contributed by atoms with Gasteiger partial charge in [0.2, 0.25) is 0 Å². The van der Waals surface area contributed by atoms with Gasteiger partial charge in [-0.1, -0.05) is 44.7 Å². The van der Waals surface area contributed by atoms with E-state index in [4.69, 9.17) is 16.3 Å². The number of rotatable bonds is 6. The Labute approximate surface area is 127 Å². The molecule has 1 aromatic carbocycles. The van der Waals surface area contributed by atoms with E-state index in [0.29, 0.717) is 17.7 Å². The van der Waals surface area contributed by atoms with Crippen LogP contribution in [0.4, 0.5) is 5.69 Å². The Bertz CT molecular complexity index is 421. The fraction of sp³-hybridized carbons (Fsp3) is 0.647. The van der Waals surface area contributed by atoms with E-state index < -0.39 is 0 Å². The van der Waals surface area contributed by atoms with Gasteiger partial charge >= 0.3 is 0 Å². The molecule has 0 saturated heterocycles. The summed E-state index contributed by atoms with van der Waals surface area (Å²) in [6.07, 6.45) is 7.56. The molecule has 0 amide bonds. The highest BCUT2D eigenvalue weighted by Crippen LogP contribution is 2.31. The van der Waals surface area contributed by atoms with Crippen LogP contribution < -0.4 is 10.1 Å². The van der Waals surface area contributed by atoms with E-state index in [1.807, 2.05) is 12.1 Å². The number of hydrogen-bond donors (Lipinski definition) is 1. The lowest BCUT2D eigenvalue weighted by molar-refractivity contribution is 0.317. The molecule has 1 N–H and O–H groups in total. The first-order valence-electron chi connectivity index (χ1n) is 7.91. The second kappa shape index (κ2) is 7.78. The third-order valence-electron chi connectivity index (χ3n) is 4.12. The first-order valence-corrected chi connectivity index (χ1v) is 8.29. The predicted molar refractivity (Wildman–Crippen MR) is 86.9 cm³/mol. The second-order valence-corrected chi connectivity index (χ2v) is 6.18. The van der Waals surface area contributed by atoms with Crippen LogP contribution in [0.1, 0.15) is 52.4 Å². The summed E-state index contributed by atoms with van der Waals surface area (Å²) in [4.78, 5) is 0. The SMILES string of the molecule is CCCOc1ccc(NC2CCCC(CC)C2)cc1Cl. The highest BCUT2D eigenvalue weighted by atomic mass is 35.5. The first kappa shape index (κ1) is 15.5. The van der Waals surface area contributed by atoms with Crippen LogP contribution in [0, 0.1) is 5.92 Å². The minimum absolute atomic E-state index is 0.590. The van der Waals surface area contributed by atoms with Gasteiger partial charge in [-0.25, -0.2) is 0 Å². The summed E-state index contributed by atoms with van der Waals surface area (Å²) in [5, 5.41) is 4.33. The summed E-state index contributed by atoms with van der Waals surface area (Å²) < 4.78 is 5.61.